The molecule has 1 aliphatic rings. The Kier molecular flexibility index (Phi) is 7.94. The Bertz CT molecular complexity index is 669. The average Bonchev–Trinajstić information content (AvgIpc) is 3.06. The van der Waals surface area contributed by atoms with Crippen LogP contribution >= 0.6 is 45.2 Å². The third kappa shape index (κ3) is 5.13. The molecule has 0 saturated heterocycles. The molecule has 134 valence electrons. The fraction of sp³-hybridized carbons (Fsp3) is 0.562. The molecule has 0 amide bonds. The minimum Gasteiger partial charge on any atom is -0.387 e. The number of aliphatic hydroxyl groups is 1. The van der Waals surface area contributed by atoms with Gasteiger partial charge in [0.15, 0.2) is 6.48 Å². The summed E-state index contributed by atoms with van der Waals surface area (Å²) in [7, 11) is -2.46. The van der Waals surface area contributed by atoms with Crippen LogP contribution in [0.4, 0.5) is 0 Å². The van der Waals surface area contributed by atoms with Gasteiger partial charge in [-0.2, -0.15) is 8.42 Å². The fourth-order valence-electron chi connectivity index (χ4n) is 2.87. The molecule has 3 N–H and O–H groups in total. The van der Waals surface area contributed by atoms with Crippen LogP contribution in [0.15, 0.2) is 30.3 Å². The summed E-state index contributed by atoms with van der Waals surface area (Å²) >= 11 is 3.63. The molecule has 0 spiro atoms. The zero-order valence-corrected chi connectivity index (χ0v) is 18.2. The van der Waals surface area contributed by atoms with E-state index >= 15 is 0 Å². The van der Waals surface area contributed by atoms with Gasteiger partial charge in [0.2, 0.25) is 10.3 Å². The highest BCUT2D eigenvalue weighted by Crippen LogP contribution is 2.36. The molecule has 3 atom stereocenters. The molecule has 24 heavy (non-hydrogen) atoms. The second kappa shape index (κ2) is 9.26. The first-order chi connectivity index (χ1) is 11.3. The predicted molar refractivity (Wildman–Crippen MR) is 112 cm³/mol. The minimum absolute atomic E-state index is 0.0450. The van der Waals surface area contributed by atoms with Crippen molar-refractivity contribution in [1.29, 1.82) is 0 Å². The molecule has 1 aromatic rings. The Labute approximate surface area is 171 Å². The molecule has 0 aromatic heterocycles. The van der Waals surface area contributed by atoms with Crippen molar-refractivity contribution >= 4 is 58.3 Å². The van der Waals surface area contributed by atoms with E-state index in [-0.39, 0.29) is 8.98 Å². The topological polar surface area (TPSA) is 89.6 Å². The second-order valence-electron chi connectivity index (χ2n) is 5.98. The number of nitrogens with two attached hydrogens (primary N) is 1. The van der Waals surface area contributed by atoms with Crippen LogP contribution < -0.4 is 5.73 Å². The van der Waals surface area contributed by atoms with Crippen molar-refractivity contribution < 1.29 is 18.3 Å². The Balaban J connectivity index is 2.22. The van der Waals surface area contributed by atoms with E-state index in [4.69, 9.17) is 10.5 Å². The van der Waals surface area contributed by atoms with Crippen LogP contribution in [-0.4, -0.2) is 38.3 Å². The number of halogens is 2. The van der Waals surface area contributed by atoms with E-state index in [1.165, 1.54) is 0 Å². The maximum Gasteiger partial charge on any atom is 0.227 e. The SMILES string of the molecule is NC(Cc1ccccc1)C(O)C(I)(OC1CCCC1)C(I)=S(=O)=O. The van der Waals surface area contributed by atoms with E-state index in [9.17, 15) is 13.5 Å². The Hall–Kier alpha value is 0.250. The number of hydrogen-bond donors (Lipinski definition) is 2. The molecule has 8 heteroatoms. The van der Waals surface area contributed by atoms with Gasteiger partial charge in [0.25, 0.3) is 0 Å². The molecule has 0 aliphatic heterocycles. The molecule has 0 radical (unpaired) electrons. The standard InChI is InChI=1S/C16H21I2NO4S/c17-15(24(21)22)16(18,23-12-8-4-5-9-12)14(20)13(19)10-11-6-2-1-3-7-11/h1-3,6-7,12-14,20H,4-5,8-10,19H2. The zero-order chi connectivity index (χ0) is 17.7. The highest BCUT2D eigenvalue weighted by atomic mass is 127. The maximum atomic E-state index is 11.5. The summed E-state index contributed by atoms with van der Waals surface area (Å²) in [6.45, 7) is 0. The Morgan fingerprint density at radius 2 is 1.92 bits per heavy atom. The molecule has 1 fully saturated rings. The molecule has 0 heterocycles. The first-order valence-corrected chi connectivity index (χ1v) is 11.0. The van der Waals surface area contributed by atoms with Gasteiger partial charge < -0.3 is 15.6 Å². The van der Waals surface area contributed by atoms with Crippen LogP contribution in [0, 0.1) is 0 Å². The van der Waals surface area contributed by atoms with Crippen molar-refractivity contribution in [3.63, 3.8) is 0 Å². The lowest BCUT2D eigenvalue weighted by atomic mass is 9.99. The van der Waals surface area contributed by atoms with E-state index in [2.05, 4.69) is 0 Å². The van der Waals surface area contributed by atoms with Gasteiger partial charge in [-0.25, -0.2) is 0 Å². The van der Waals surface area contributed by atoms with Gasteiger partial charge in [-0.15, -0.1) is 0 Å². The number of aliphatic hydroxyl groups excluding tert-OH is 1. The highest BCUT2D eigenvalue weighted by molar-refractivity contribution is 14.1. The van der Waals surface area contributed by atoms with Gasteiger partial charge in [0.1, 0.15) is 6.10 Å². The number of ether oxygens (including phenoxy) is 1. The fourth-order valence-corrected chi connectivity index (χ4v) is 5.07. The van der Waals surface area contributed by atoms with E-state index in [1.54, 1.807) is 22.6 Å². The van der Waals surface area contributed by atoms with Gasteiger partial charge in [-0.05, 0) is 70.0 Å². The van der Waals surface area contributed by atoms with Crippen molar-refractivity contribution in [3.05, 3.63) is 35.9 Å². The highest BCUT2D eigenvalue weighted by Gasteiger charge is 2.46. The minimum atomic E-state index is -2.46. The summed E-state index contributed by atoms with van der Waals surface area (Å²) in [6, 6.07) is 8.94. The molecular weight excluding hydrogens is 556 g/mol. The van der Waals surface area contributed by atoms with Crippen molar-refractivity contribution in [2.24, 2.45) is 5.73 Å². The predicted octanol–water partition coefficient (Wildman–Crippen LogP) is 2.45. The molecule has 1 aliphatic carbocycles. The average molecular weight is 577 g/mol. The van der Waals surface area contributed by atoms with Crippen LogP contribution in [0.1, 0.15) is 31.2 Å². The second-order valence-corrected chi connectivity index (χ2v) is 10.3. The van der Waals surface area contributed by atoms with E-state index < -0.39 is 26.0 Å². The smallest absolute Gasteiger partial charge is 0.227 e. The molecule has 1 saturated carbocycles. The first kappa shape index (κ1) is 20.6. The van der Waals surface area contributed by atoms with Crippen LogP contribution in [-0.2, 0) is 21.5 Å². The van der Waals surface area contributed by atoms with E-state index in [0.29, 0.717) is 6.42 Å². The van der Waals surface area contributed by atoms with Crippen molar-refractivity contribution in [1.82, 2.24) is 0 Å². The lowest BCUT2D eigenvalue weighted by Crippen LogP contribution is -2.55. The summed E-state index contributed by atoms with van der Waals surface area (Å²) in [5, 5.41) is 10.8. The summed E-state index contributed by atoms with van der Waals surface area (Å²) in [5.41, 5.74) is 7.18. The van der Waals surface area contributed by atoms with E-state index in [0.717, 1.165) is 31.2 Å². The van der Waals surface area contributed by atoms with Crippen molar-refractivity contribution in [3.8, 4) is 0 Å². The number of benzene rings is 1. The normalized spacial score (nSPS) is 20.3. The van der Waals surface area contributed by atoms with Gasteiger partial charge in [-0.1, -0.05) is 43.2 Å². The largest absolute Gasteiger partial charge is 0.387 e. The van der Waals surface area contributed by atoms with Crippen LogP contribution in [0.25, 0.3) is 0 Å². The van der Waals surface area contributed by atoms with Crippen LogP contribution in [0.5, 0.6) is 0 Å². The van der Waals surface area contributed by atoms with E-state index in [1.807, 2.05) is 52.9 Å². The number of alkyl halides is 1. The molecule has 2 rings (SSSR count). The van der Waals surface area contributed by atoms with Crippen LogP contribution in [0.3, 0.4) is 0 Å². The van der Waals surface area contributed by atoms with Gasteiger partial charge in [0.05, 0.1) is 6.10 Å². The Morgan fingerprint density at radius 1 is 1.33 bits per heavy atom. The van der Waals surface area contributed by atoms with Gasteiger partial charge in [-0.3, -0.25) is 0 Å². The maximum absolute atomic E-state index is 11.5. The first-order valence-electron chi connectivity index (χ1n) is 7.81. The van der Waals surface area contributed by atoms with Crippen molar-refractivity contribution in [2.75, 3.05) is 0 Å². The molecule has 3 unspecified atom stereocenters. The summed E-state index contributed by atoms with van der Waals surface area (Å²) < 4.78 is 27.8. The lowest BCUT2D eigenvalue weighted by molar-refractivity contribution is -0.0545. The van der Waals surface area contributed by atoms with Gasteiger partial charge >= 0.3 is 0 Å². The number of rotatable bonds is 7. The summed E-state index contributed by atoms with van der Waals surface area (Å²) in [5.74, 6) is 0. The third-order valence-electron chi connectivity index (χ3n) is 4.15. The molecule has 5 nitrogen and oxygen atoms in total. The molecule has 0 bridgehead atoms. The van der Waals surface area contributed by atoms with Gasteiger partial charge in [0, 0.05) is 6.04 Å². The molecule has 1 aromatic carbocycles. The number of hydrogen-bond acceptors (Lipinski definition) is 5. The Morgan fingerprint density at radius 3 is 2.46 bits per heavy atom. The molecular formula is C16H21I2NO4S. The quantitative estimate of drug-likeness (QED) is 0.225. The summed E-state index contributed by atoms with van der Waals surface area (Å²) in [6.07, 6.45) is 3.12. The summed E-state index contributed by atoms with van der Waals surface area (Å²) in [4.78, 5) is 0. The zero-order valence-electron chi connectivity index (χ0n) is 13.1. The third-order valence-corrected chi connectivity index (χ3v) is 9.46. The lowest BCUT2D eigenvalue weighted by Gasteiger charge is -2.36. The van der Waals surface area contributed by atoms with Crippen LogP contribution in [0.2, 0.25) is 0 Å². The monoisotopic (exact) mass is 577 g/mol. The van der Waals surface area contributed by atoms with Crippen molar-refractivity contribution in [2.45, 2.75) is 54.0 Å².